The Morgan fingerprint density at radius 1 is 1.18 bits per heavy atom. The van der Waals surface area contributed by atoms with Crippen LogP contribution in [-0.4, -0.2) is 25.3 Å². The Kier molecular flexibility index (Phi) is 2.87. The molecule has 1 N–H and O–H groups in total. The van der Waals surface area contributed by atoms with E-state index < -0.39 is 5.97 Å². The summed E-state index contributed by atoms with van der Waals surface area (Å²) in [6.07, 6.45) is 0. The molecular formula is C13H12O4. The minimum absolute atomic E-state index is 0.0497. The average Bonchev–Trinajstić information content (AvgIpc) is 2.35. The third-order valence-electron chi connectivity index (χ3n) is 2.60. The number of rotatable bonds is 3. The summed E-state index contributed by atoms with van der Waals surface area (Å²) in [4.78, 5) is 11.2. The van der Waals surface area contributed by atoms with Gasteiger partial charge in [0.2, 0.25) is 0 Å². The molecule has 0 radical (unpaired) electrons. The van der Waals surface area contributed by atoms with Gasteiger partial charge >= 0.3 is 5.97 Å². The first-order chi connectivity index (χ1) is 8.19. The summed E-state index contributed by atoms with van der Waals surface area (Å²) >= 11 is 0. The monoisotopic (exact) mass is 232 g/mol. The van der Waals surface area contributed by atoms with Crippen molar-refractivity contribution in [2.75, 3.05) is 14.2 Å². The van der Waals surface area contributed by atoms with Gasteiger partial charge in [-0.05, 0) is 11.5 Å². The van der Waals surface area contributed by atoms with Crippen molar-refractivity contribution in [3.63, 3.8) is 0 Å². The van der Waals surface area contributed by atoms with E-state index in [2.05, 4.69) is 0 Å². The molecule has 0 aliphatic rings. The zero-order valence-electron chi connectivity index (χ0n) is 9.56. The molecule has 0 aliphatic carbocycles. The number of carbonyl (C=O) groups is 1. The molecule has 0 spiro atoms. The van der Waals surface area contributed by atoms with Crippen molar-refractivity contribution in [1.82, 2.24) is 0 Å². The number of aromatic carboxylic acids is 1. The lowest BCUT2D eigenvalue weighted by molar-refractivity contribution is 0.0690. The predicted molar refractivity (Wildman–Crippen MR) is 64.0 cm³/mol. The van der Waals surface area contributed by atoms with Crippen molar-refractivity contribution in [2.45, 2.75) is 0 Å². The molecule has 0 bridgehead atoms. The number of methoxy groups -OCH3 is 2. The van der Waals surface area contributed by atoms with E-state index in [9.17, 15) is 9.90 Å². The molecule has 0 aliphatic heterocycles. The van der Waals surface area contributed by atoms with E-state index >= 15 is 0 Å². The molecule has 17 heavy (non-hydrogen) atoms. The summed E-state index contributed by atoms with van der Waals surface area (Å²) in [5.74, 6) is -0.440. The minimum Gasteiger partial charge on any atom is -0.496 e. The van der Waals surface area contributed by atoms with E-state index in [1.807, 2.05) is 24.3 Å². The second kappa shape index (κ2) is 4.33. The van der Waals surface area contributed by atoms with Gasteiger partial charge in [-0.1, -0.05) is 24.3 Å². The molecule has 0 saturated heterocycles. The Morgan fingerprint density at radius 2 is 1.88 bits per heavy atom. The average molecular weight is 232 g/mol. The molecule has 0 aromatic heterocycles. The summed E-state index contributed by atoms with van der Waals surface area (Å²) < 4.78 is 10.3. The topological polar surface area (TPSA) is 55.8 Å². The van der Waals surface area contributed by atoms with Gasteiger partial charge in [-0.25, -0.2) is 4.79 Å². The van der Waals surface area contributed by atoms with Crippen molar-refractivity contribution in [3.8, 4) is 11.5 Å². The van der Waals surface area contributed by atoms with Crippen LogP contribution < -0.4 is 9.47 Å². The van der Waals surface area contributed by atoms with Crippen LogP contribution in [0.15, 0.2) is 30.3 Å². The number of benzene rings is 2. The van der Waals surface area contributed by atoms with Gasteiger partial charge in [0.25, 0.3) is 0 Å². The smallest absolute Gasteiger partial charge is 0.343 e. The molecule has 2 rings (SSSR count). The predicted octanol–water partition coefficient (Wildman–Crippen LogP) is 2.56. The fourth-order valence-corrected chi connectivity index (χ4v) is 1.87. The zero-order valence-corrected chi connectivity index (χ0v) is 9.56. The highest BCUT2D eigenvalue weighted by atomic mass is 16.5. The van der Waals surface area contributed by atoms with Crippen molar-refractivity contribution in [3.05, 3.63) is 35.9 Å². The van der Waals surface area contributed by atoms with E-state index in [-0.39, 0.29) is 5.56 Å². The fourth-order valence-electron chi connectivity index (χ4n) is 1.87. The zero-order chi connectivity index (χ0) is 12.4. The normalized spacial score (nSPS) is 10.2. The molecule has 0 unspecified atom stereocenters. The molecule has 4 heteroatoms. The second-order valence-corrected chi connectivity index (χ2v) is 3.51. The van der Waals surface area contributed by atoms with E-state index in [0.29, 0.717) is 11.5 Å². The van der Waals surface area contributed by atoms with Gasteiger partial charge in [-0.2, -0.15) is 0 Å². The minimum atomic E-state index is -1.07. The van der Waals surface area contributed by atoms with Crippen LogP contribution in [0, 0.1) is 0 Å². The lowest BCUT2D eigenvalue weighted by Crippen LogP contribution is -2.04. The van der Waals surface area contributed by atoms with Crippen molar-refractivity contribution < 1.29 is 19.4 Å². The molecule has 4 nitrogen and oxygen atoms in total. The molecule has 0 heterocycles. The molecular weight excluding hydrogens is 220 g/mol. The summed E-state index contributed by atoms with van der Waals surface area (Å²) in [6.45, 7) is 0. The quantitative estimate of drug-likeness (QED) is 0.883. The number of fused-ring (bicyclic) bond motifs is 1. The number of hydrogen-bond donors (Lipinski definition) is 1. The molecule has 0 saturated carbocycles. The van der Waals surface area contributed by atoms with Gasteiger partial charge in [0.05, 0.1) is 14.2 Å². The van der Waals surface area contributed by atoms with E-state index in [1.165, 1.54) is 14.2 Å². The van der Waals surface area contributed by atoms with E-state index in [4.69, 9.17) is 9.47 Å². The molecule has 0 atom stereocenters. The number of hydrogen-bond acceptors (Lipinski definition) is 3. The van der Waals surface area contributed by atoms with Crippen LogP contribution in [0.2, 0.25) is 0 Å². The third-order valence-corrected chi connectivity index (χ3v) is 2.60. The Balaban J connectivity index is 2.89. The fraction of sp³-hybridized carbons (Fsp3) is 0.154. The SMILES string of the molecule is COc1cc2ccccc2c(OC)c1C(=O)O. The highest BCUT2D eigenvalue weighted by Gasteiger charge is 2.20. The van der Waals surface area contributed by atoms with Crippen LogP contribution in [0.4, 0.5) is 0 Å². The summed E-state index contributed by atoms with van der Waals surface area (Å²) in [6, 6.07) is 9.11. The van der Waals surface area contributed by atoms with Gasteiger partial charge in [-0.3, -0.25) is 0 Å². The summed E-state index contributed by atoms with van der Waals surface area (Å²) in [5, 5.41) is 10.8. The highest BCUT2D eigenvalue weighted by Crippen LogP contribution is 2.36. The lowest BCUT2D eigenvalue weighted by atomic mass is 10.0. The summed E-state index contributed by atoms with van der Waals surface area (Å²) in [5.41, 5.74) is 0.0497. The first kappa shape index (κ1) is 11.3. The standard InChI is InChI=1S/C13H12O4/c1-16-10-7-8-5-3-4-6-9(8)12(17-2)11(10)13(14)15/h3-7H,1-2H3,(H,14,15). The number of carboxylic acid groups (broad SMARTS) is 1. The summed E-state index contributed by atoms with van der Waals surface area (Å²) in [7, 11) is 2.89. The van der Waals surface area contributed by atoms with Crippen LogP contribution in [0.25, 0.3) is 10.8 Å². The lowest BCUT2D eigenvalue weighted by Gasteiger charge is -2.12. The Bertz CT molecular complexity index is 575. The maximum absolute atomic E-state index is 11.2. The van der Waals surface area contributed by atoms with Gasteiger partial charge in [0.1, 0.15) is 17.1 Å². The van der Waals surface area contributed by atoms with Crippen LogP contribution in [0.5, 0.6) is 11.5 Å². The van der Waals surface area contributed by atoms with Gasteiger partial charge < -0.3 is 14.6 Å². The van der Waals surface area contributed by atoms with Crippen LogP contribution in [0.3, 0.4) is 0 Å². The molecule has 88 valence electrons. The highest BCUT2D eigenvalue weighted by molar-refractivity contribution is 6.03. The maximum atomic E-state index is 11.2. The largest absolute Gasteiger partial charge is 0.496 e. The van der Waals surface area contributed by atoms with Gasteiger partial charge in [0.15, 0.2) is 0 Å². The second-order valence-electron chi connectivity index (χ2n) is 3.51. The van der Waals surface area contributed by atoms with Crippen molar-refractivity contribution in [1.29, 1.82) is 0 Å². The molecule has 2 aromatic rings. The van der Waals surface area contributed by atoms with Crippen molar-refractivity contribution in [2.24, 2.45) is 0 Å². The van der Waals surface area contributed by atoms with E-state index in [0.717, 1.165) is 10.8 Å². The number of ether oxygens (including phenoxy) is 2. The number of carboxylic acids is 1. The van der Waals surface area contributed by atoms with Crippen LogP contribution >= 0.6 is 0 Å². The molecule has 2 aromatic carbocycles. The molecule has 0 amide bonds. The van der Waals surface area contributed by atoms with Crippen molar-refractivity contribution >= 4 is 16.7 Å². The Hall–Kier alpha value is -2.23. The van der Waals surface area contributed by atoms with Gasteiger partial charge in [0, 0.05) is 5.39 Å². The molecule has 0 fully saturated rings. The van der Waals surface area contributed by atoms with Crippen LogP contribution in [-0.2, 0) is 0 Å². The first-order valence-electron chi connectivity index (χ1n) is 5.06. The maximum Gasteiger partial charge on any atom is 0.343 e. The Morgan fingerprint density at radius 3 is 2.47 bits per heavy atom. The third kappa shape index (κ3) is 1.78. The Labute approximate surface area is 98.4 Å². The first-order valence-corrected chi connectivity index (χ1v) is 5.06. The van der Waals surface area contributed by atoms with Gasteiger partial charge in [-0.15, -0.1) is 0 Å². The van der Waals surface area contributed by atoms with Crippen LogP contribution in [0.1, 0.15) is 10.4 Å². The van der Waals surface area contributed by atoms with E-state index in [1.54, 1.807) is 6.07 Å².